The zero-order chi connectivity index (χ0) is 9.52. The molecule has 0 spiro atoms. The predicted octanol–water partition coefficient (Wildman–Crippen LogP) is 3.85. The van der Waals surface area contributed by atoms with Crippen LogP contribution in [-0.4, -0.2) is 5.11 Å². The van der Waals surface area contributed by atoms with Crippen LogP contribution in [0.4, 0.5) is 0 Å². The fraction of sp³-hybridized carbons (Fsp3) is 0.167. The molecule has 1 N–H and O–H groups in total. The predicted molar refractivity (Wildman–Crippen MR) is 68.9 cm³/mol. The van der Waals surface area contributed by atoms with E-state index in [0.717, 1.165) is 12.0 Å². The number of allylic oxidation sites excluding steroid dienone is 4. The van der Waals surface area contributed by atoms with E-state index in [2.05, 4.69) is 12.2 Å². The summed E-state index contributed by atoms with van der Waals surface area (Å²) in [5, 5.41) is 8.81. The Labute approximate surface area is 124 Å². The summed E-state index contributed by atoms with van der Waals surface area (Å²) in [6.45, 7) is 1.94. The zero-order valence-corrected chi connectivity index (χ0v) is 12.2. The number of hydrogen-bond donors (Lipinski definition) is 1. The molecule has 0 fully saturated rings. The number of aromatic hydroxyl groups is 1. The first-order valence-electron chi connectivity index (χ1n) is 4.26. The average Bonchev–Trinajstić information content (AvgIpc) is 2.59. The molecule has 1 aromatic carbocycles. The van der Waals surface area contributed by atoms with Gasteiger partial charge in [-0.1, -0.05) is 12.1 Å². The minimum absolute atomic E-state index is 0. The van der Waals surface area contributed by atoms with Crippen molar-refractivity contribution >= 4 is 24.8 Å². The van der Waals surface area contributed by atoms with Crippen molar-refractivity contribution in [3.05, 3.63) is 54.1 Å². The second-order valence-electron chi connectivity index (χ2n) is 2.84. The Hall–Kier alpha value is -0.206. The standard InChI is InChI=1S/C7H8O.C5H5.2ClH.Ti/c1-6-3-2-4-7(8)5-6;1-2-4-5-3-1;;;/h2-5,8H,1H3;1-3H,4H2;2*1H;/q;-1;;;. The number of rotatable bonds is 0. The maximum absolute atomic E-state index is 8.81. The number of hydrogen-bond acceptors (Lipinski definition) is 1. The largest absolute Gasteiger partial charge is 0.508 e. The fourth-order valence-corrected chi connectivity index (χ4v) is 0.968. The van der Waals surface area contributed by atoms with Crippen molar-refractivity contribution in [3.63, 3.8) is 0 Å². The van der Waals surface area contributed by atoms with Gasteiger partial charge in [0.05, 0.1) is 0 Å². The van der Waals surface area contributed by atoms with Crippen LogP contribution < -0.4 is 0 Å². The Morgan fingerprint density at radius 2 is 1.94 bits per heavy atom. The van der Waals surface area contributed by atoms with E-state index >= 15 is 0 Å². The van der Waals surface area contributed by atoms with Crippen LogP contribution in [-0.2, 0) is 21.7 Å². The minimum atomic E-state index is 0. The average molecular weight is 294 g/mol. The molecule has 0 bridgehead atoms. The molecular formula is C12H15Cl2OTi-. The van der Waals surface area contributed by atoms with E-state index in [0.29, 0.717) is 5.75 Å². The first-order chi connectivity index (χ1) is 6.29. The molecule has 0 amide bonds. The second-order valence-corrected chi connectivity index (χ2v) is 2.84. The molecule has 1 aliphatic rings. The normalized spacial score (nSPS) is 10.1. The van der Waals surface area contributed by atoms with Gasteiger partial charge in [0.25, 0.3) is 0 Å². The van der Waals surface area contributed by atoms with E-state index in [4.69, 9.17) is 5.11 Å². The molecule has 0 unspecified atom stereocenters. The van der Waals surface area contributed by atoms with Crippen molar-refractivity contribution in [1.82, 2.24) is 0 Å². The van der Waals surface area contributed by atoms with Gasteiger partial charge in [-0.2, -0.15) is 6.08 Å². The Morgan fingerprint density at radius 3 is 2.19 bits per heavy atom. The minimum Gasteiger partial charge on any atom is -0.508 e. The van der Waals surface area contributed by atoms with E-state index in [1.165, 1.54) is 0 Å². The molecule has 2 rings (SSSR count). The molecule has 88 valence electrons. The Morgan fingerprint density at radius 1 is 1.25 bits per heavy atom. The van der Waals surface area contributed by atoms with E-state index in [1.807, 2.05) is 31.2 Å². The maximum Gasteiger partial charge on any atom is 0.115 e. The zero-order valence-electron chi connectivity index (χ0n) is 9.01. The van der Waals surface area contributed by atoms with Crippen LogP contribution in [0, 0.1) is 13.0 Å². The summed E-state index contributed by atoms with van der Waals surface area (Å²) in [6, 6.07) is 7.15. The van der Waals surface area contributed by atoms with Crippen LogP contribution in [0.2, 0.25) is 0 Å². The molecule has 1 aromatic rings. The quantitative estimate of drug-likeness (QED) is 0.569. The van der Waals surface area contributed by atoms with Gasteiger partial charge in [-0.3, -0.25) is 6.08 Å². The van der Waals surface area contributed by atoms with Crippen LogP contribution in [0.5, 0.6) is 5.75 Å². The third kappa shape index (κ3) is 10.3. The molecule has 0 heterocycles. The summed E-state index contributed by atoms with van der Waals surface area (Å²) in [4.78, 5) is 0. The van der Waals surface area contributed by atoms with E-state index in [1.54, 1.807) is 12.1 Å². The van der Waals surface area contributed by atoms with Crippen molar-refractivity contribution in [2.45, 2.75) is 13.3 Å². The number of phenols is 1. The first-order valence-corrected chi connectivity index (χ1v) is 4.26. The second kappa shape index (κ2) is 12.9. The van der Waals surface area contributed by atoms with Gasteiger partial charge < -0.3 is 5.11 Å². The number of benzene rings is 1. The molecule has 0 saturated carbocycles. The number of halogens is 2. The maximum atomic E-state index is 8.81. The molecule has 0 saturated heterocycles. The third-order valence-electron chi connectivity index (χ3n) is 1.59. The summed E-state index contributed by atoms with van der Waals surface area (Å²) >= 11 is 0. The molecule has 4 heteroatoms. The van der Waals surface area contributed by atoms with Gasteiger partial charge in [0.1, 0.15) is 5.75 Å². The molecule has 0 aromatic heterocycles. The molecular weight excluding hydrogens is 279 g/mol. The van der Waals surface area contributed by atoms with Crippen molar-refractivity contribution in [1.29, 1.82) is 0 Å². The molecule has 0 radical (unpaired) electrons. The van der Waals surface area contributed by atoms with Crippen LogP contribution in [0.3, 0.4) is 0 Å². The van der Waals surface area contributed by atoms with Crippen LogP contribution in [0.25, 0.3) is 0 Å². The van der Waals surface area contributed by atoms with Gasteiger partial charge in [0.2, 0.25) is 0 Å². The smallest absolute Gasteiger partial charge is 0.115 e. The van der Waals surface area contributed by atoms with Crippen molar-refractivity contribution in [2.75, 3.05) is 0 Å². The summed E-state index contributed by atoms with van der Waals surface area (Å²) in [5.41, 5.74) is 1.09. The van der Waals surface area contributed by atoms with Crippen LogP contribution >= 0.6 is 24.8 Å². The first kappa shape index (κ1) is 21.1. The topological polar surface area (TPSA) is 20.2 Å². The summed E-state index contributed by atoms with van der Waals surface area (Å²) in [7, 11) is 0. The van der Waals surface area contributed by atoms with Crippen molar-refractivity contribution < 1.29 is 26.8 Å². The van der Waals surface area contributed by atoms with Gasteiger partial charge in [-0.15, -0.1) is 31.2 Å². The monoisotopic (exact) mass is 293 g/mol. The van der Waals surface area contributed by atoms with E-state index in [-0.39, 0.29) is 46.5 Å². The van der Waals surface area contributed by atoms with Gasteiger partial charge >= 0.3 is 0 Å². The third-order valence-corrected chi connectivity index (χ3v) is 1.59. The SMILES string of the molecule is Cc1cccc(O)c1.Cl.Cl.[C-]1=CC=CC1.[Ti]. The number of phenolic OH excluding ortho intramolecular Hbond substituents is 1. The molecule has 0 atom stereocenters. The number of aryl methyl sites for hydroxylation is 1. The van der Waals surface area contributed by atoms with E-state index in [9.17, 15) is 0 Å². The van der Waals surface area contributed by atoms with Crippen molar-refractivity contribution in [2.24, 2.45) is 0 Å². The summed E-state index contributed by atoms with van der Waals surface area (Å²) in [5.74, 6) is 0.338. The van der Waals surface area contributed by atoms with E-state index < -0.39 is 0 Å². The fourth-order valence-electron chi connectivity index (χ4n) is 0.968. The Bertz CT molecular complexity index is 297. The van der Waals surface area contributed by atoms with Gasteiger partial charge in [-0.25, -0.2) is 12.2 Å². The van der Waals surface area contributed by atoms with Gasteiger partial charge in [-0.05, 0) is 24.6 Å². The molecule has 1 aliphatic carbocycles. The van der Waals surface area contributed by atoms with Gasteiger partial charge in [0.15, 0.2) is 0 Å². The van der Waals surface area contributed by atoms with Crippen LogP contribution in [0.1, 0.15) is 12.0 Å². The van der Waals surface area contributed by atoms with Crippen LogP contribution in [0.15, 0.2) is 42.5 Å². The Balaban J connectivity index is -0.000000189. The summed E-state index contributed by atoms with van der Waals surface area (Å²) in [6.07, 6.45) is 10.0. The molecule has 16 heavy (non-hydrogen) atoms. The molecule has 1 nitrogen and oxygen atoms in total. The van der Waals surface area contributed by atoms with Crippen molar-refractivity contribution in [3.8, 4) is 5.75 Å². The molecule has 0 aliphatic heterocycles. The van der Waals surface area contributed by atoms with Gasteiger partial charge in [0, 0.05) is 21.7 Å². The summed E-state index contributed by atoms with van der Waals surface area (Å²) < 4.78 is 0. The Kier molecular flexibility index (Phi) is 17.0.